The first-order chi connectivity index (χ1) is 12.7. The fraction of sp³-hybridized carbons (Fsp3) is 0.278. The summed E-state index contributed by atoms with van der Waals surface area (Å²) in [4.78, 5) is 1.50. The van der Waals surface area contributed by atoms with Crippen molar-refractivity contribution in [3.05, 3.63) is 42.5 Å². The van der Waals surface area contributed by atoms with E-state index in [1.54, 1.807) is 21.3 Å². The average Bonchev–Trinajstić information content (AvgIpc) is 3.17. The lowest BCUT2D eigenvalue weighted by molar-refractivity contribution is 0.280. The topological polar surface area (TPSA) is 80.5 Å². The number of tetrazole rings is 1. The molecule has 8 heteroatoms. The Labute approximate surface area is 151 Å². The minimum absolute atomic E-state index is 0.425. The number of hydrogen-bond acceptors (Lipinski definition) is 7. The molecule has 26 heavy (non-hydrogen) atoms. The second-order valence-corrected chi connectivity index (χ2v) is 5.30. The van der Waals surface area contributed by atoms with Crippen LogP contribution in [0.15, 0.2) is 42.5 Å². The molecule has 8 nitrogen and oxygen atoms in total. The van der Waals surface area contributed by atoms with Gasteiger partial charge in [-0.1, -0.05) is 0 Å². The van der Waals surface area contributed by atoms with Gasteiger partial charge in [0.15, 0.2) is 11.5 Å². The summed E-state index contributed by atoms with van der Waals surface area (Å²) >= 11 is 0. The van der Waals surface area contributed by atoms with E-state index in [1.807, 2.05) is 42.5 Å². The molecule has 0 aliphatic rings. The standard InChI is InChI=1S/C18H20N4O4/c1-23-14-5-7-15(8-6-14)26-11-10-22-20-18(19-21-22)13-4-9-16(24-2)17(12-13)25-3/h4-9,12H,10-11H2,1-3H3. The fourth-order valence-corrected chi connectivity index (χ4v) is 2.35. The molecular weight excluding hydrogens is 336 g/mol. The van der Waals surface area contributed by atoms with Crippen molar-refractivity contribution >= 4 is 0 Å². The van der Waals surface area contributed by atoms with Gasteiger partial charge in [-0.15, -0.1) is 10.2 Å². The Kier molecular flexibility index (Phi) is 5.52. The summed E-state index contributed by atoms with van der Waals surface area (Å²) in [5, 5.41) is 12.5. The normalized spacial score (nSPS) is 10.4. The van der Waals surface area contributed by atoms with E-state index in [1.165, 1.54) is 4.80 Å². The molecule has 136 valence electrons. The van der Waals surface area contributed by atoms with Gasteiger partial charge in [-0.2, -0.15) is 4.80 Å². The summed E-state index contributed by atoms with van der Waals surface area (Å²) in [5.74, 6) is 3.32. The SMILES string of the molecule is COc1ccc(OCCn2nnc(-c3ccc(OC)c(OC)c3)n2)cc1. The third kappa shape index (κ3) is 4.02. The van der Waals surface area contributed by atoms with Crippen LogP contribution < -0.4 is 18.9 Å². The van der Waals surface area contributed by atoms with Gasteiger partial charge in [0.05, 0.1) is 27.9 Å². The summed E-state index contributed by atoms with van der Waals surface area (Å²) in [5.41, 5.74) is 0.796. The molecule has 0 radical (unpaired) electrons. The van der Waals surface area contributed by atoms with E-state index in [0.717, 1.165) is 17.1 Å². The van der Waals surface area contributed by atoms with Gasteiger partial charge in [0.25, 0.3) is 0 Å². The Hall–Kier alpha value is -3.29. The molecular formula is C18H20N4O4. The molecule has 0 fully saturated rings. The highest BCUT2D eigenvalue weighted by Crippen LogP contribution is 2.30. The molecule has 0 saturated carbocycles. The van der Waals surface area contributed by atoms with Gasteiger partial charge in [0, 0.05) is 5.56 Å². The molecule has 1 aromatic heterocycles. The van der Waals surface area contributed by atoms with Crippen molar-refractivity contribution in [3.8, 4) is 34.4 Å². The van der Waals surface area contributed by atoms with Gasteiger partial charge in [0.1, 0.15) is 18.1 Å². The fourth-order valence-electron chi connectivity index (χ4n) is 2.35. The van der Waals surface area contributed by atoms with E-state index in [4.69, 9.17) is 18.9 Å². The number of rotatable bonds is 8. The molecule has 3 rings (SSSR count). The smallest absolute Gasteiger partial charge is 0.205 e. The summed E-state index contributed by atoms with van der Waals surface area (Å²) in [6, 6.07) is 12.9. The molecule has 0 aliphatic carbocycles. The van der Waals surface area contributed by atoms with Crippen LogP contribution in [0.3, 0.4) is 0 Å². The molecule has 0 amide bonds. The van der Waals surface area contributed by atoms with Gasteiger partial charge in [0.2, 0.25) is 5.82 Å². The number of aromatic nitrogens is 4. The lowest BCUT2D eigenvalue weighted by atomic mass is 10.2. The van der Waals surface area contributed by atoms with Gasteiger partial charge >= 0.3 is 0 Å². The molecule has 3 aromatic rings. The van der Waals surface area contributed by atoms with Crippen molar-refractivity contribution < 1.29 is 18.9 Å². The van der Waals surface area contributed by atoms with Crippen LogP contribution in [0.1, 0.15) is 0 Å². The average molecular weight is 356 g/mol. The van der Waals surface area contributed by atoms with Gasteiger partial charge < -0.3 is 18.9 Å². The highest BCUT2D eigenvalue weighted by Gasteiger charge is 2.10. The molecule has 0 unspecified atom stereocenters. The first-order valence-corrected chi connectivity index (χ1v) is 8.00. The largest absolute Gasteiger partial charge is 0.497 e. The van der Waals surface area contributed by atoms with E-state index in [0.29, 0.717) is 30.5 Å². The first-order valence-electron chi connectivity index (χ1n) is 8.00. The third-order valence-electron chi connectivity index (χ3n) is 3.71. The van der Waals surface area contributed by atoms with E-state index < -0.39 is 0 Å². The molecule has 0 N–H and O–H groups in total. The van der Waals surface area contributed by atoms with Gasteiger partial charge in [-0.25, -0.2) is 0 Å². The zero-order chi connectivity index (χ0) is 18.4. The van der Waals surface area contributed by atoms with Crippen molar-refractivity contribution in [1.82, 2.24) is 20.2 Å². The second-order valence-electron chi connectivity index (χ2n) is 5.30. The lowest BCUT2D eigenvalue weighted by Crippen LogP contribution is -2.11. The Bertz CT molecular complexity index is 849. The zero-order valence-electron chi connectivity index (χ0n) is 14.9. The monoisotopic (exact) mass is 356 g/mol. The minimum Gasteiger partial charge on any atom is -0.497 e. The first kappa shape index (κ1) is 17.5. The van der Waals surface area contributed by atoms with Gasteiger partial charge in [-0.05, 0) is 47.7 Å². The van der Waals surface area contributed by atoms with Crippen LogP contribution in [0, 0.1) is 0 Å². The Balaban J connectivity index is 1.60. The summed E-state index contributed by atoms with van der Waals surface area (Å²) < 4.78 is 21.3. The van der Waals surface area contributed by atoms with Crippen molar-refractivity contribution in [2.24, 2.45) is 0 Å². The quantitative estimate of drug-likeness (QED) is 0.613. The Morgan fingerprint density at radius 3 is 2.27 bits per heavy atom. The summed E-state index contributed by atoms with van der Waals surface area (Å²) in [6.45, 7) is 0.903. The molecule has 0 aliphatic heterocycles. The van der Waals surface area contributed by atoms with Crippen molar-refractivity contribution in [3.63, 3.8) is 0 Å². The van der Waals surface area contributed by atoms with Crippen LogP contribution in [0.2, 0.25) is 0 Å². The minimum atomic E-state index is 0.425. The number of benzene rings is 2. The molecule has 1 heterocycles. The number of ether oxygens (including phenoxy) is 4. The van der Waals surface area contributed by atoms with Crippen LogP contribution in [-0.4, -0.2) is 48.1 Å². The molecule has 2 aromatic carbocycles. The Morgan fingerprint density at radius 1 is 0.846 bits per heavy atom. The molecule has 0 saturated heterocycles. The highest BCUT2D eigenvalue weighted by molar-refractivity contribution is 5.60. The van der Waals surface area contributed by atoms with E-state index >= 15 is 0 Å². The van der Waals surface area contributed by atoms with Crippen LogP contribution in [0.25, 0.3) is 11.4 Å². The number of methoxy groups -OCH3 is 3. The maximum Gasteiger partial charge on any atom is 0.205 e. The summed E-state index contributed by atoms with van der Waals surface area (Å²) in [7, 11) is 4.81. The van der Waals surface area contributed by atoms with E-state index in [-0.39, 0.29) is 0 Å². The van der Waals surface area contributed by atoms with Crippen LogP contribution in [0.5, 0.6) is 23.0 Å². The van der Waals surface area contributed by atoms with E-state index in [9.17, 15) is 0 Å². The predicted octanol–water partition coefficient (Wildman–Crippen LogP) is 2.44. The second kappa shape index (κ2) is 8.19. The van der Waals surface area contributed by atoms with Crippen molar-refractivity contribution in [1.29, 1.82) is 0 Å². The molecule has 0 atom stereocenters. The maximum absolute atomic E-state index is 5.67. The maximum atomic E-state index is 5.67. The molecule has 0 spiro atoms. The third-order valence-corrected chi connectivity index (χ3v) is 3.71. The molecule has 0 bridgehead atoms. The number of nitrogens with zero attached hydrogens (tertiary/aromatic N) is 4. The van der Waals surface area contributed by atoms with Crippen molar-refractivity contribution in [2.75, 3.05) is 27.9 Å². The lowest BCUT2D eigenvalue weighted by Gasteiger charge is -2.07. The summed E-state index contributed by atoms with van der Waals surface area (Å²) in [6.07, 6.45) is 0. The number of hydrogen-bond donors (Lipinski definition) is 0. The van der Waals surface area contributed by atoms with E-state index in [2.05, 4.69) is 15.4 Å². The predicted molar refractivity (Wildman–Crippen MR) is 94.8 cm³/mol. The zero-order valence-corrected chi connectivity index (χ0v) is 14.9. The van der Waals surface area contributed by atoms with Crippen LogP contribution in [0.4, 0.5) is 0 Å². The Morgan fingerprint density at radius 2 is 1.58 bits per heavy atom. The van der Waals surface area contributed by atoms with Crippen LogP contribution >= 0.6 is 0 Å². The van der Waals surface area contributed by atoms with Crippen LogP contribution in [-0.2, 0) is 6.54 Å². The van der Waals surface area contributed by atoms with Crippen molar-refractivity contribution in [2.45, 2.75) is 6.54 Å². The van der Waals surface area contributed by atoms with Gasteiger partial charge in [-0.3, -0.25) is 0 Å². The highest BCUT2D eigenvalue weighted by atomic mass is 16.5.